The molecule has 51 heavy (non-hydrogen) atoms. The molecule has 13 atom stereocenters. The van der Waals surface area contributed by atoms with E-state index in [0.29, 0.717) is 6.42 Å². The van der Waals surface area contributed by atoms with E-state index in [1.165, 1.54) is 27.9 Å². The van der Waals surface area contributed by atoms with Crippen LogP contribution in [0.5, 0.6) is 0 Å². The van der Waals surface area contributed by atoms with E-state index in [2.05, 4.69) is 6.58 Å². The van der Waals surface area contributed by atoms with E-state index in [9.17, 15) is 39.0 Å². The van der Waals surface area contributed by atoms with E-state index in [0.717, 1.165) is 6.08 Å². The number of carbonyl (C=O) groups excluding carboxylic acids is 6. The molecule has 3 aliphatic heterocycles. The Morgan fingerprint density at radius 2 is 1.65 bits per heavy atom. The summed E-state index contributed by atoms with van der Waals surface area (Å²) < 4.78 is 41.0. The molecule has 282 valence electrons. The summed E-state index contributed by atoms with van der Waals surface area (Å²) in [6.45, 7) is 17.1. The number of aliphatic hydroxyl groups excluding tert-OH is 2. The lowest BCUT2D eigenvalue weighted by atomic mass is 9.40. The van der Waals surface area contributed by atoms with Crippen LogP contribution in [0.25, 0.3) is 0 Å². The van der Waals surface area contributed by atoms with Crippen molar-refractivity contribution in [3.63, 3.8) is 0 Å². The van der Waals surface area contributed by atoms with Crippen LogP contribution < -0.4 is 0 Å². The molecular weight excluding hydrogens is 672 g/mol. The number of carbonyl (C=O) groups is 6. The molecular formula is C36H48O15. The molecule has 0 amide bonds. The van der Waals surface area contributed by atoms with Gasteiger partial charge in [-0.05, 0) is 43.3 Å². The number of aliphatic hydroxyl groups is 2. The average molecular weight is 721 g/mol. The smallest absolute Gasteiger partial charge is 0.340 e. The summed E-state index contributed by atoms with van der Waals surface area (Å²) in [5.74, 6) is -7.09. The molecule has 4 fully saturated rings. The minimum absolute atomic E-state index is 0.0450. The minimum atomic E-state index is -2.21. The number of cyclic esters (lactones) is 2. The predicted molar refractivity (Wildman–Crippen MR) is 171 cm³/mol. The quantitative estimate of drug-likeness (QED) is 0.208. The Balaban J connectivity index is 1.83. The van der Waals surface area contributed by atoms with Gasteiger partial charge in [0.15, 0.2) is 12.2 Å². The second-order valence-corrected chi connectivity index (χ2v) is 15.4. The van der Waals surface area contributed by atoms with Crippen molar-refractivity contribution in [3.8, 4) is 0 Å². The Kier molecular flexibility index (Phi) is 9.79. The van der Waals surface area contributed by atoms with Crippen LogP contribution in [-0.2, 0) is 61.9 Å². The molecule has 2 aliphatic carbocycles. The van der Waals surface area contributed by atoms with Crippen molar-refractivity contribution in [2.24, 2.45) is 34.0 Å². The zero-order chi connectivity index (χ0) is 38.2. The van der Waals surface area contributed by atoms with E-state index in [1.807, 2.05) is 0 Å². The van der Waals surface area contributed by atoms with Gasteiger partial charge in [0.1, 0.15) is 30.0 Å². The number of hydrogen-bond acceptors (Lipinski definition) is 15. The second-order valence-electron chi connectivity index (χ2n) is 15.4. The summed E-state index contributed by atoms with van der Waals surface area (Å²) in [6.07, 6.45) is -9.37. The summed E-state index contributed by atoms with van der Waals surface area (Å²) in [6, 6.07) is 0. The highest BCUT2D eigenvalue weighted by Crippen LogP contribution is 2.72. The monoisotopic (exact) mass is 720 g/mol. The Morgan fingerprint density at radius 3 is 2.18 bits per heavy atom. The zero-order valence-electron chi connectivity index (χ0n) is 30.4. The first-order valence-electron chi connectivity index (χ1n) is 17.1. The lowest BCUT2D eigenvalue weighted by molar-refractivity contribution is -0.365. The third-order valence-corrected chi connectivity index (χ3v) is 12.4. The fraction of sp³-hybridized carbons (Fsp3) is 0.722. The average Bonchev–Trinajstić information content (AvgIpc) is 3.39. The molecule has 0 aromatic rings. The van der Waals surface area contributed by atoms with Gasteiger partial charge in [0.05, 0.1) is 24.0 Å². The summed E-state index contributed by atoms with van der Waals surface area (Å²) in [5, 5.41) is 22.2. The van der Waals surface area contributed by atoms with E-state index < -0.39 is 118 Å². The van der Waals surface area contributed by atoms with E-state index in [-0.39, 0.29) is 24.0 Å². The predicted octanol–water partition coefficient (Wildman–Crippen LogP) is 1.84. The molecule has 15 heteroatoms. The summed E-state index contributed by atoms with van der Waals surface area (Å²) >= 11 is 0. The largest absolute Gasteiger partial charge is 0.469 e. The molecule has 2 unspecified atom stereocenters. The molecule has 0 aromatic carbocycles. The number of hydrogen-bond donors (Lipinski definition) is 2. The highest BCUT2D eigenvalue weighted by atomic mass is 16.6. The molecule has 2 bridgehead atoms. The van der Waals surface area contributed by atoms with Crippen molar-refractivity contribution in [1.29, 1.82) is 0 Å². The topological polar surface area (TPSA) is 207 Å². The lowest BCUT2D eigenvalue weighted by Crippen LogP contribution is -2.83. The van der Waals surface area contributed by atoms with Gasteiger partial charge in [-0.15, -0.1) is 0 Å². The SMILES string of the molecule is C=C1[C@@H]2C[C@H](OC(C)=O)[C@@]3(C)[C@H](C4=CC(O)OC4=O)OC(=O)[C@@H](O)[C@]13O[C@H]1[C@@H](OC(=O)C(C)CC)[C@H](OC(C)=O)C(C)(C)[C@H](CC(=O)OC)[C@@]21C. The Morgan fingerprint density at radius 1 is 1.02 bits per heavy atom. The van der Waals surface area contributed by atoms with E-state index >= 15 is 0 Å². The van der Waals surface area contributed by atoms with Crippen LogP contribution in [0.4, 0.5) is 0 Å². The molecule has 2 saturated carbocycles. The van der Waals surface area contributed by atoms with Crippen molar-refractivity contribution in [2.45, 2.75) is 123 Å². The minimum Gasteiger partial charge on any atom is -0.469 e. The molecule has 2 N–H and O–H groups in total. The highest BCUT2D eigenvalue weighted by molar-refractivity contribution is 5.93. The number of fused-ring (bicyclic) bond motifs is 3. The third kappa shape index (κ3) is 5.49. The van der Waals surface area contributed by atoms with Crippen molar-refractivity contribution in [2.75, 3.05) is 7.11 Å². The lowest BCUT2D eigenvalue weighted by Gasteiger charge is -2.73. The van der Waals surface area contributed by atoms with Crippen molar-refractivity contribution >= 4 is 35.8 Å². The summed E-state index contributed by atoms with van der Waals surface area (Å²) in [4.78, 5) is 79.1. The van der Waals surface area contributed by atoms with Gasteiger partial charge in [-0.3, -0.25) is 19.2 Å². The van der Waals surface area contributed by atoms with Gasteiger partial charge in [0.2, 0.25) is 6.29 Å². The van der Waals surface area contributed by atoms with Gasteiger partial charge >= 0.3 is 35.8 Å². The molecule has 1 spiro atoms. The van der Waals surface area contributed by atoms with E-state index in [1.54, 1.807) is 34.6 Å². The van der Waals surface area contributed by atoms with Crippen LogP contribution in [-0.4, -0.2) is 102 Å². The van der Waals surface area contributed by atoms with Crippen LogP contribution >= 0.6 is 0 Å². The van der Waals surface area contributed by atoms with Crippen molar-refractivity contribution < 1.29 is 72.1 Å². The molecule has 5 aliphatic rings. The zero-order valence-corrected chi connectivity index (χ0v) is 30.4. The molecule has 5 rings (SSSR count). The fourth-order valence-corrected chi connectivity index (χ4v) is 9.67. The van der Waals surface area contributed by atoms with Crippen LogP contribution in [0.2, 0.25) is 0 Å². The van der Waals surface area contributed by atoms with Crippen LogP contribution in [0, 0.1) is 34.0 Å². The maximum Gasteiger partial charge on any atom is 0.340 e. The second kappa shape index (κ2) is 13.0. The normalized spacial score (nSPS) is 41.4. The van der Waals surface area contributed by atoms with Gasteiger partial charge in [-0.25, -0.2) is 9.59 Å². The first kappa shape index (κ1) is 38.4. The number of ether oxygens (including phenoxy) is 7. The van der Waals surface area contributed by atoms with E-state index in [4.69, 9.17) is 33.2 Å². The summed E-state index contributed by atoms with van der Waals surface area (Å²) in [5.41, 5.74) is -6.54. The van der Waals surface area contributed by atoms with Gasteiger partial charge in [0.25, 0.3) is 0 Å². The number of rotatable bonds is 8. The molecule has 0 aromatic heterocycles. The molecule has 2 saturated heterocycles. The van der Waals surface area contributed by atoms with Gasteiger partial charge in [-0.2, -0.15) is 0 Å². The Labute approximate surface area is 295 Å². The van der Waals surface area contributed by atoms with Gasteiger partial charge in [0, 0.05) is 31.1 Å². The number of esters is 6. The maximum atomic E-state index is 13.7. The number of methoxy groups -OCH3 is 1. The van der Waals surface area contributed by atoms with Crippen molar-refractivity contribution in [3.05, 3.63) is 23.8 Å². The standard InChI is InChI=1S/C36H48O15/c1-11-15(2)30(42)49-25-28(47-18(5)38)33(6,7)21(14-23(39)45-10)34(8)20-13-22(46-17(4)37)35(9)27(19-12-24(40)48-31(19)43)50-32(44)26(41)36(35,16(20)3)51-29(25)34/h12,15,20-22,24-29,40-41H,3,11,13-14H2,1-2,4-10H3/t15?,20-,21-,22-,24?,25-,26+,27-,28-,29-,34+,35-,36+/m0/s1. The summed E-state index contributed by atoms with van der Waals surface area (Å²) in [7, 11) is 1.23. The molecule has 3 heterocycles. The van der Waals surface area contributed by atoms with Crippen LogP contribution in [0.3, 0.4) is 0 Å². The Hall–Kier alpha value is -3.82. The highest BCUT2D eigenvalue weighted by Gasteiger charge is 2.81. The molecule has 15 nitrogen and oxygen atoms in total. The van der Waals surface area contributed by atoms with Crippen molar-refractivity contribution in [1.82, 2.24) is 0 Å². The first-order chi connectivity index (χ1) is 23.6. The van der Waals surface area contributed by atoms with Crippen LogP contribution in [0.15, 0.2) is 23.8 Å². The fourth-order valence-electron chi connectivity index (χ4n) is 9.67. The van der Waals surface area contributed by atoms with Gasteiger partial charge in [-0.1, -0.05) is 41.2 Å². The van der Waals surface area contributed by atoms with Gasteiger partial charge < -0.3 is 43.4 Å². The Bertz CT molecular complexity index is 1560. The molecule has 0 radical (unpaired) electrons. The maximum absolute atomic E-state index is 13.7. The third-order valence-electron chi connectivity index (χ3n) is 12.4. The van der Waals surface area contributed by atoms with Crippen LogP contribution in [0.1, 0.15) is 74.7 Å². The first-order valence-corrected chi connectivity index (χ1v) is 17.1.